The summed E-state index contributed by atoms with van der Waals surface area (Å²) in [6, 6.07) is 5.09. The second kappa shape index (κ2) is 8.38. The van der Waals surface area contributed by atoms with Crippen molar-refractivity contribution in [3.05, 3.63) is 47.6 Å². The average molecular weight is 434 g/mol. The van der Waals surface area contributed by atoms with Gasteiger partial charge in [-0.25, -0.2) is 13.1 Å². The molecule has 0 saturated carbocycles. The smallest absolute Gasteiger partial charge is 0.269 e. The molecular weight excluding hydrogens is 416 g/mol. The lowest BCUT2D eigenvalue weighted by molar-refractivity contribution is -0.123. The highest BCUT2D eigenvalue weighted by Gasteiger charge is 2.28. The van der Waals surface area contributed by atoms with Crippen LogP contribution in [0.4, 0.5) is 0 Å². The maximum Gasteiger partial charge on any atom is 0.269 e. The number of hydrazine groups is 1. The van der Waals surface area contributed by atoms with Crippen molar-refractivity contribution in [1.82, 2.24) is 40.9 Å². The molecule has 0 aliphatic heterocycles. The zero-order chi connectivity index (χ0) is 21.9. The van der Waals surface area contributed by atoms with E-state index >= 15 is 0 Å². The van der Waals surface area contributed by atoms with Crippen molar-refractivity contribution < 1.29 is 22.5 Å². The number of carbonyl (C=O) groups is 2. The minimum absolute atomic E-state index is 0.103. The molecule has 0 spiro atoms. The van der Waals surface area contributed by atoms with E-state index in [4.69, 9.17) is 4.52 Å². The van der Waals surface area contributed by atoms with Crippen LogP contribution >= 0.6 is 0 Å². The highest BCUT2D eigenvalue weighted by molar-refractivity contribution is 7.89. The Bertz CT molecular complexity index is 1140. The molecule has 0 bridgehead atoms. The first kappa shape index (κ1) is 21.1. The molecule has 30 heavy (non-hydrogen) atoms. The summed E-state index contributed by atoms with van der Waals surface area (Å²) in [5.74, 6) is -1.25. The lowest BCUT2D eigenvalue weighted by Gasteiger charge is -2.15. The molecule has 1 aromatic carbocycles. The van der Waals surface area contributed by atoms with Gasteiger partial charge in [0.05, 0.1) is 11.7 Å². The van der Waals surface area contributed by atoms with Crippen LogP contribution in [0.2, 0.25) is 0 Å². The largest absolute Gasteiger partial charge is 0.360 e. The Morgan fingerprint density at radius 2 is 1.83 bits per heavy atom. The van der Waals surface area contributed by atoms with Crippen LogP contribution in [0.15, 0.2) is 40.0 Å². The molecule has 1 atom stereocenters. The number of aromatic nitrogens is 5. The first-order chi connectivity index (χ1) is 14.2. The fourth-order valence-electron chi connectivity index (χ4n) is 2.55. The van der Waals surface area contributed by atoms with Gasteiger partial charge in [-0.3, -0.25) is 20.4 Å². The Labute approximate surface area is 170 Å². The number of aryl methyl sites for hydroxylation is 2. The van der Waals surface area contributed by atoms with Crippen molar-refractivity contribution in [3.63, 3.8) is 0 Å². The molecule has 3 N–H and O–H groups in total. The summed E-state index contributed by atoms with van der Waals surface area (Å²) in [5.41, 5.74) is 5.48. The molecule has 158 valence electrons. The number of tetrazole rings is 1. The molecule has 3 rings (SSSR count). The lowest BCUT2D eigenvalue weighted by atomic mass is 10.2. The third-order valence-electron chi connectivity index (χ3n) is 4.00. The Morgan fingerprint density at radius 1 is 1.13 bits per heavy atom. The first-order valence-electron chi connectivity index (χ1n) is 8.58. The predicted octanol–water partition coefficient (Wildman–Crippen LogP) is -0.605. The molecule has 2 heterocycles. The summed E-state index contributed by atoms with van der Waals surface area (Å²) in [7, 11) is -4.04. The topological polar surface area (TPSA) is 174 Å². The predicted molar refractivity (Wildman–Crippen MR) is 101 cm³/mol. The van der Waals surface area contributed by atoms with E-state index in [1.807, 2.05) is 0 Å². The average Bonchev–Trinajstić information content (AvgIpc) is 3.35. The maximum absolute atomic E-state index is 12.4. The summed E-state index contributed by atoms with van der Waals surface area (Å²) in [6.07, 6.45) is 1.40. The van der Waals surface area contributed by atoms with Gasteiger partial charge in [0.2, 0.25) is 10.0 Å². The quantitative estimate of drug-likeness (QED) is 0.428. The number of nitrogens with zero attached hydrogens (tertiary/aromatic N) is 5. The fourth-order valence-corrected chi connectivity index (χ4v) is 4.08. The van der Waals surface area contributed by atoms with E-state index in [1.54, 1.807) is 12.1 Å². The zero-order valence-electron chi connectivity index (χ0n) is 16.1. The van der Waals surface area contributed by atoms with Gasteiger partial charge in [-0.15, -0.1) is 5.10 Å². The normalized spacial score (nSPS) is 12.4. The molecule has 14 heteroatoms. The van der Waals surface area contributed by atoms with E-state index in [9.17, 15) is 18.0 Å². The van der Waals surface area contributed by atoms with E-state index in [0.717, 1.165) is 0 Å². The fraction of sp³-hybridized carbons (Fsp3) is 0.250. The zero-order valence-corrected chi connectivity index (χ0v) is 17.0. The van der Waals surface area contributed by atoms with Crippen LogP contribution in [0, 0.1) is 13.8 Å². The second-order valence-electron chi connectivity index (χ2n) is 6.24. The Kier molecular flexibility index (Phi) is 5.89. The highest BCUT2D eigenvalue weighted by Crippen LogP contribution is 2.18. The van der Waals surface area contributed by atoms with Crippen molar-refractivity contribution in [2.24, 2.45) is 0 Å². The molecule has 3 aromatic rings. The number of benzene rings is 1. The lowest BCUT2D eigenvalue weighted by Crippen LogP contribution is -2.51. The summed E-state index contributed by atoms with van der Waals surface area (Å²) in [4.78, 5) is 24.3. The molecule has 2 amide bonds. The monoisotopic (exact) mass is 434 g/mol. The molecule has 13 nitrogen and oxygen atoms in total. The minimum Gasteiger partial charge on any atom is -0.360 e. The molecule has 0 unspecified atom stereocenters. The van der Waals surface area contributed by atoms with Gasteiger partial charge in [-0.05, 0) is 55.5 Å². The molecule has 0 saturated heterocycles. The van der Waals surface area contributed by atoms with E-state index in [2.05, 4.69) is 36.3 Å². The standard InChI is InChI=1S/C16H18N8O5S/c1-9-14(11(3)29-20-9)30(27,28)21-10(2)15(25)18-19-16(26)12-4-6-13(7-5-12)24-8-17-22-23-24/h4-8,10,21H,1-3H3,(H,18,25)(H,19,26)/t10-/m0/s1. The van der Waals surface area contributed by atoms with Crippen LogP contribution in [0.3, 0.4) is 0 Å². The van der Waals surface area contributed by atoms with E-state index in [1.165, 1.54) is 43.9 Å². The maximum atomic E-state index is 12.4. The Morgan fingerprint density at radius 3 is 2.40 bits per heavy atom. The van der Waals surface area contributed by atoms with Crippen molar-refractivity contribution in [1.29, 1.82) is 0 Å². The summed E-state index contributed by atoms with van der Waals surface area (Å²) < 4.78 is 33.4. The number of hydrogen-bond acceptors (Lipinski definition) is 9. The van der Waals surface area contributed by atoms with Gasteiger partial charge in [-0.1, -0.05) is 5.16 Å². The number of hydrogen-bond donors (Lipinski definition) is 3. The molecular formula is C16H18N8O5S. The van der Waals surface area contributed by atoms with Gasteiger partial charge in [0.1, 0.15) is 16.9 Å². The number of nitrogens with one attached hydrogen (secondary N) is 3. The van der Waals surface area contributed by atoms with Crippen LogP contribution in [0.1, 0.15) is 28.7 Å². The number of sulfonamides is 1. The van der Waals surface area contributed by atoms with Crippen molar-refractivity contribution in [2.75, 3.05) is 0 Å². The third-order valence-corrected chi connectivity index (χ3v) is 5.79. The third kappa shape index (κ3) is 4.49. The van der Waals surface area contributed by atoms with Gasteiger partial charge >= 0.3 is 0 Å². The molecule has 0 radical (unpaired) electrons. The van der Waals surface area contributed by atoms with Crippen LogP contribution in [-0.4, -0.2) is 51.6 Å². The van der Waals surface area contributed by atoms with Gasteiger partial charge in [0.25, 0.3) is 11.8 Å². The Balaban J connectivity index is 1.57. The first-order valence-corrected chi connectivity index (χ1v) is 10.1. The SMILES string of the molecule is Cc1noc(C)c1S(=O)(=O)N[C@@H](C)C(=O)NNC(=O)c1ccc(-n2cnnn2)cc1. The molecule has 0 aliphatic carbocycles. The van der Waals surface area contributed by atoms with Crippen LogP contribution in [0.5, 0.6) is 0 Å². The van der Waals surface area contributed by atoms with E-state index < -0.39 is 27.9 Å². The van der Waals surface area contributed by atoms with Crippen molar-refractivity contribution in [3.8, 4) is 5.69 Å². The number of amides is 2. The Hall–Kier alpha value is -3.65. The van der Waals surface area contributed by atoms with E-state index in [-0.39, 0.29) is 21.9 Å². The molecule has 0 aliphatic rings. The molecule has 2 aromatic heterocycles. The summed E-state index contributed by atoms with van der Waals surface area (Å²) in [5, 5.41) is 14.4. The van der Waals surface area contributed by atoms with Gasteiger partial charge in [0, 0.05) is 5.56 Å². The number of carbonyl (C=O) groups excluding carboxylic acids is 2. The second-order valence-corrected chi connectivity index (χ2v) is 7.89. The minimum atomic E-state index is -4.04. The van der Waals surface area contributed by atoms with Gasteiger partial charge < -0.3 is 4.52 Å². The highest BCUT2D eigenvalue weighted by atomic mass is 32.2. The number of rotatable bonds is 6. The van der Waals surface area contributed by atoms with E-state index in [0.29, 0.717) is 5.69 Å². The van der Waals surface area contributed by atoms with Crippen molar-refractivity contribution >= 4 is 21.8 Å². The van der Waals surface area contributed by atoms with Crippen LogP contribution in [0.25, 0.3) is 5.69 Å². The van der Waals surface area contributed by atoms with Gasteiger partial charge in [-0.2, -0.15) is 4.72 Å². The van der Waals surface area contributed by atoms with Crippen LogP contribution in [-0.2, 0) is 14.8 Å². The van der Waals surface area contributed by atoms with Crippen LogP contribution < -0.4 is 15.6 Å². The summed E-state index contributed by atoms with van der Waals surface area (Å²) >= 11 is 0. The summed E-state index contributed by atoms with van der Waals surface area (Å²) in [6.45, 7) is 4.25. The van der Waals surface area contributed by atoms with Gasteiger partial charge in [0.15, 0.2) is 5.76 Å². The molecule has 0 fully saturated rings. The van der Waals surface area contributed by atoms with Crippen molar-refractivity contribution in [2.45, 2.75) is 31.7 Å².